The van der Waals surface area contributed by atoms with Gasteiger partial charge in [0.1, 0.15) is 11.1 Å². The van der Waals surface area contributed by atoms with Crippen molar-refractivity contribution in [3.05, 3.63) is 34.3 Å². The second-order valence-corrected chi connectivity index (χ2v) is 6.38. The van der Waals surface area contributed by atoms with Gasteiger partial charge in [0.05, 0.1) is 5.56 Å². The molecule has 0 aliphatic heterocycles. The van der Waals surface area contributed by atoms with Gasteiger partial charge in [-0.3, -0.25) is 0 Å². The van der Waals surface area contributed by atoms with Crippen LogP contribution >= 0.6 is 23.1 Å². The molecule has 0 unspecified atom stereocenters. The van der Waals surface area contributed by atoms with Crippen molar-refractivity contribution in [2.45, 2.75) is 29.6 Å². The highest BCUT2D eigenvalue weighted by Crippen LogP contribution is 2.32. The predicted molar refractivity (Wildman–Crippen MR) is 77.3 cm³/mol. The molecule has 0 saturated heterocycles. The molecule has 0 aliphatic carbocycles. The summed E-state index contributed by atoms with van der Waals surface area (Å²) < 4.78 is 0.869. The highest BCUT2D eigenvalue weighted by Gasteiger charge is 2.08. The van der Waals surface area contributed by atoms with Crippen LogP contribution in [0.5, 0.6) is 0 Å². The third-order valence-electron chi connectivity index (χ3n) is 2.45. The summed E-state index contributed by atoms with van der Waals surface area (Å²) in [5.74, 6) is 0. The smallest absolute Gasteiger partial charge is 0.179 e. The van der Waals surface area contributed by atoms with Gasteiger partial charge in [0, 0.05) is 11.4 Å². The molecule has 4 nitrogen and oxygen atoms in total. The topological polar surface area (TPSA) is 61.6 Å². The van der Waals surface area contributed by atoms with Crippen LogP contribution in [0.2, 0.25) is 0 Å². The molecule has 2 rings (SSSR count). The first-order valence-electron chi connectivity index (χ1n) is 5.94. The maximum Gasteiger partial charge on any atom is 0.179 e. The number of nitrogens with one attached hydrogen (secondary N) is 1. The number of aromatic nitrogens is 2. The van der Waals surface area contributed by atoms with Crippen molar-refractivity contribution < 1.29 is 0 Å². The summed E-state index contributed by atoms with van der Waals surface area (Å²) >= 11 is 3.03. The van der Waals surface area contributed by atoms with Crippen LogP contribution in [0, 0.1) is 18.3 Å². The average Bonchev–Trinajstić information content (AvgIpc) is 2.83. The van der Waals surface area contributed by atoms with Crippen molar-refractivity contribution in [1.29, 1.82) is 5.26 Å². The minimum absolute atomic E-state index is 0.688. The van der Waals surface area contributed by atoms with Gasteiger partial charge >= 0.3 is 0 Å². The Kier molecular flexibility index (Phi) is 4.91. The summed E-state index contributed by atoms with van der Waals surface area (Å²) in [7, 11) is 0. The van der Waals surface area contributed by atoms with Gasteiger partial charge in [0.25, 0.3) is 0 Å². The first-order chi connectivity index (χ1) is 9.22. The SMILES string of the molecule is CCNCc1ccc(Sc2nnc(C)s2)c(C#N)c1. The zero-order valence-corrected chi connectivity index (χ0v) is 12.4. The fourth-order valence-corrected chi connectivity index (χ4v) is 3.38. The number of hydrogen-bond donors (Lipinski definition) is 1. The fraction of sp³-hybridized carbons (Fsp3) is 0.308. The Bertz CT molecular complexity index is 601. The minimum Gasteiger partial charge on any atom is -0.313 e. The Balaban J connectivity index is 2.19. The van der Waals surface area contributed by atoms with E-state index in [4.69, 9.17) is 0 Å². The minimum atomic E-state index is 0.688. The molecule has 0 fully saturated rings. The average molecular weight is 290 g/mol. The van der Waals surface area contributed by atoms with Gasteiger partial charge in [-0.05, 0) is 31.2 Å². The number of nitriles is 1. The third kappa shape index (κ3) is 3.77. The van der Waals surface area contributed by atoms with Crippen LogP contribution < -0.4 is 5.32 Å². The molecule has 0 spiro atoms. The normalized spacial score (nSPS) is 10.4. The lowest BCUT2D eigenvalue weighted by molar-refractivity contribution is 0.726. The van der Waals surface area contributed by atoms with Crippen molar-refractivity contribution >= 4 is 23.1 Å². The van der Waals surface area contributed by atoms with Gasteiger partial charge in [0.2, 0.25) is 0 Å². The van der Waals surface area contributed by atoms with Crippen LogP contribution in [-0.4, -0.2) is 16.7 Å². The maximum absolute atomic E-state index is 9.24. The molecule has 1 aromatic carbocycles. The van der Waals surface area contributed by atoms with E-state index >= 15 is 0 Å². The molecule has 2 aromatic rings. The summed E-state index contributed by atoms with van der Waals surface area (Å²) in [5, 5.41) is 21.5. The number of nitrogens with zero attached hydrogens (tertiary/aromatic N) is 3. The van der Waals surface area contributed by atoms with Crippen LogP contribution in [0.4, 0.5) is 0 Å². The van der Waals surface area contributed by atoms with E-state index < -0.39 is 0 Å². The third-order valence-corrected chi connectivity index (χ3v) is 4.41. The molecule has 0 atom stereocenters. The molecule has 98 valence electrons. The largest absolute Gasteiger partial charge is 0.313 e. The summed E-state index contributed by atoms with van der Waals surface area (Å²) in [6, 6.07) is 8.20. The Morgan fingerprint density at radius 3 is 2.89 bits per heavy atom. The number of rotatable bonds is 5. The van der Waals surface area contributed by atoms with Crippen molar-refractivity contribution in [2.75, 3.05) is 6.54 Å². The Morgan fingerprint density at radius 1 is 1.42 bits per heavy atom. The molecule has 1 N–H and O–H groups in total. The summed E-state index contributed by atoms with van der Waals surface area (Å²) in [6.45, 7) is 5.69. The highest BCUT2D eigenvalue weighted by molar-refractivity contribution is 8.01. The Labute approximate surface area is 120 Å². The van der Waals surface area contributed by atoms with Gasteiger partial charge in [0.15, 0.2) is 4.34 Å². The molecule has 0 saturated carbocycles. The zero-order valence-electron chi connectivity index (χ0n) is 10.8. The molecular weight excluding hydrogens is 276 g/mol. The first kappa shape index (κ1) is 14.0. The lowest BCUT2D eigenvalue weighted by Crippen LogP contribution is -2.11. The monoisotopic (exact) mass is 290 g/mol. The van der Waals surface area contributed by atoms with Crippen molar-refractivity contribution in [3.63, 3.8) is 0 Å². The Morgan fingerprint density at radius 2 is 2.26 bits per heavy atom. The van der Waals surface area contributed by atoms with E-state index in [1.165, 1.54) is 23.1 Å². The molecule has 1 heterocycles. The van der Waals surface area contributed by atoms with Crippen LogP contribution in [-0.2, 0) is 6.54 Å². The van der Waals surface area contributed by atoms with Crippen molar-refractivity contribution in [3.8, 4) is 6.07 Å². The van der Waals surface area contributed by atoms with E-state index in [2.05, 4.69) is 28.5 Å². The first-order valence-corrected chi connectivity index (χ1v) is 7.58. The van der Waals surface area contributed by atoms with E-state index in [0.29, 0.717) is 5.56 Å². The van der Waals surface area contributed by atoms with Gasteiger partial charge in [-0.25, -0.2) is 0 Å². The molecule has 0 radical (unpaired) electrons. The summed E-state index contributed by atoms with van der Waals surface area (Å²) in [6.07, 6.45) is 0. The molecule has 1 aromatic heterocycles. The van der Waals surface area contributed by atoms with Crippen LogP contribution in [0.15, 0.2) is 27.4 Å². The lowest BCUT2D eigenvalue weighted by Gasteiger charge is -2.05. The van der Waals surface area contributed by atoms with Crippen molar-refractivity contribution in [1.82, 2.24) is 15.5 Å². The number of benzene rings is 1. The molecule has 0 aliphatic rings. The number of hydrogen-bond acceptors (Lipinski definition) is 6. The predicted octanol–water partition coefficient (Wildman–Crippen LogP) is 2.98. The maximum atomic E-state index is 9.24. The van der Waals surface area contributed by atoms with E-state index in [9.17, 15) is 5.26 Å². The second-order valence-electron chi connectivity index (χ2n) is 3.91. The van der Waals surface area contributed by atoms with E-state index in [1.807, 2.05) is 25.1 Å². The van der Waals surface area contributed by atoms with E-state index in [-0.39, 0.29) is 0 Å². The van der Waals surface area contributed by atoms with Crippen LogP contribution in [0.1, 0.15) is 23.1 Å². The molecule has 6 heteroatoms. The van der Waals surface area contributed by atoms with Crippen molar-refractivity contribution in [2.24, 2.45) is 0 Å². The molecular formula is C13H14N4S2. The lowest BCUT2D eigenvalue weighted by atomic mass is 10.1. The molecule has 0 amide bonds. The van der Waals surface area contributed by atoms with E-state index in [0.717, 1.165) is 32.9 Å². The second kappa shape index (κ2) is 6.66. The standard InChI is InChI=1S/C13H14N4S2/c1-3-15-8-10-4-5-12(11(6-10)7-14)19-13-17-16-9(2)18-13/h4-6,15H,3,8H2,1-2H3. The Hall–Kier alpha value is -1.42. The van der Waals surface area contributed by atoms with Gasteiger partial charge in [-0.15, -0.1) is 10.2 Å². The zero-order chi connectivity index (χ0) is 13.7. The van der Waals surface area contributed by atoms with Crippen LogP contribution in [0.3, 0.4) is 0 Å². The van der Waals surface area contributed by atoms with E-state index in [1.54, 1.807) is 0 Å². The fourth-order valence-electron chi connectivity index (χ4n) is 1.55. The number of aryl methyl sites for hydroxylation is 1. The van der Waals surface area contributed by atoms with Gasteiger partial charge < -0.3 is 5.32 Å². The van der Waals surface area contributed by atoms with Crippen LogP contribution in [0.25, 0.3) is 0 Å². The van der Waals surface area contributed by atoms with Gasteiger partial charge in [-0.1, -0.05) is 36.1 Å². The molecule has 19 heavy (non-hydrogen) atoms. The summed E-state index contributed by atoms with van der Waals surface area (Å²) in [4.78, 5) is 0.930. The quantitative estimate of drug-likeness (QED) is 0.917. The summed E-state index contributed by atoms with van der Waals surface area (Å²) in [5.41, 5.74) is 1.81. The molecule has 0 bridgehead atoms. The highest BCUT2D eigenvalue weighted by atomic mass is 32.2. The van der Waals surface area contributed by atoms with Gasteiger partial charge in [-0.2, -0.15) is 5.26 Å².